The van der Waals surface area contributed by atoms with E-state index in [1.165, 1.54) is 43.9 Å². The van der Waals surface area contributed by atoms with Crippen molar-refractivity contribution in [3.8, 4) is 0 Å². The molecule has 31 heavy (non-hydrogen) atoms. The number of halogens is 4. The van der Waals surface area contributed by atoms with Crippen LogP contribution in [0.3, 0.4) is 0 Å². The Morgan fingerprint density at radius 3 is 1.68 bits per heavy atom. The van der Waals surface area contributed by atoms with Crippen LogP contribution < -0.4 is 0 Å². The van der Waals surface area contributed by atoms with Crippen molar-refractivity contribution in [2.75, 3.05) is 26.2 Å². The minimum absolute atomic E-state index is 0.305. The van der Waals surface area contributed by atoms with E-state index in [0.29, 0.717) is 12.3 Å². The Morgan fingerprint density at radius 2 is 1.23 bits per heavy atom. The molecule has 0 aliphatic carbocycles. The van der Waals surface area contributed by atoms with Gasteiger partial charge in [-0.05, 0) is 36.1 Å². The molecule has 0 bridgehead atoms. The molecule has 0 aliphatic rings. The van der Waals surface area contributed by atoms with Gasteiger partial charge in [-0.25, -0.2) is 0 Å². The maximum atomic E-state index is 13.2. The molecule has 0 unspecified atom stereocenters. The van der Waals surface area contributed by atoms with Crippen molar-refractivity contribution in [2.45, 2.75) is 59.3 Å². The number of Topliss-reactive ketones (excluding diaryl/α,β-unsaturated/α-hetero) is 1. The summed E-state index contributed by atoms with van der Waals surface area (Å²) in [5.74, 6) is 0.305. The highest BCUT2D eigenvalue weighted by atomic mass is 19.5. The van der Waals surface area contributed by atoms with Gasteiger partial charge in [-0.1, -0.05) is 76.4 Å². The third-order valence-electron chi connectivity index (χ3n) is 5.51. The van der Waals surface area contributed by atoms with Crippen LogP contribution >= 0.6 is 0 Å². The smallest absolute Gasteiger partial charge is 0.418 e. The van der Waals surface area contributed by atoms with Gasteiger partial charge in [-0.2, -0.15) is 0 Å². The molecular formula is C24H36BF4NO. The molecule has 174 valence electrons. The number of ketones is 1. The number of carbonyl (C=O) groups is 1. The number of quaternary nitrogens is 1. The predicted molar refractivity (Wildman–Crippen MR) is 123 cm³/mol. The highest BCUT2D eigenvalue weighted by molar-refractivity contribution is 6.50. The van der Waals surface area contributed by atoms with E-state index in [2.05, 4.69) is 45.0 Å². The molecule has 0 aliphatic heterocycles. The quantitative estimate of drug-likeness (QED) is 0.144. The van der Waals surface area contributed by atoms with E-state index >= 15 is 0 Å². The van der Waals surface area contributed by atoms with Crippen LogP contribution in [0.2, 0.25) is 0 Å². The van der Waals surface area contributed by atoms with E-state index < -0.39 is 7.25 Å². The summed E-state index contributed by atoms with van der Waals surface area (Å²) in [4.78, 5) is 13.2. The zero-order valence-corrected chi connectivity index (χ0v) is 19.1. The minimum Gasteiger partial charge on any atom is -0.418 e. The fourth-order valence-corrected chi connectivity index (χ4v) is 3.81. The Labute approximate surface area is 184 Å². The molecule has 2 rings (SSSR count). The molecule has 0 N–H and O–H groups in total. The fraction of sp³-hybridized carbons (Fsp3) is 0.542. The number of unbranched alkanes of at least 4 members (excludes halogenated alkanes) is 3. The Bertz CT molecular complexity index is 767. The van der Waals surface area contributed by atoms with Crippen molar-refractivity contribution < 1.29 is 26.5 Å². The molecule has 0 saturated carbocycles. The second-order valence-corrected chi connectivity index (χ2v) is 8.21. The first-order valence-electron chi connectivity index (χ1n) is 11.4. The summed E-state index contributed by atoms with van der Waals surface area (Å²) in [7, 11) is -6.00. The average Bonchev–Trinajstić information content (AvgIpc) is 2.73. The molecule has 0 fully saturated rings. The SMILES string of the molecule is CCCC[N+](CCCC)(CCCC)CC(=O)c1ccc2ccccc2c1.F[B-](F)(F)F. The first-order valence-corrected chi connectivity index (χ1v) is 11.4. The van der Waals surface area contributed by atoms with Gasteiger partial charge in [0.2, 0.25) is 5.78 Å². The lowest BCUT2D eigenvalue weighted by Crippen LogP contribution is -2.53. The number of nitrogens with zero attached hydrogens (tertiary/aromatic N) is 1. The molecule has 0 radical (unpaired) electrons. The van der Waals surface area contributed by atoms with Crippen LogP contribution in [0.5, 0.6) is 0 Å². The van der Waals surface area contributed by atoms with Gasteiger partial charge in [0.25, 0.3) is 0 Å². The van der Waals surface area contributed by atoms with Gasteiger partial charge in [-0.3, -0.25) is 4.79 Å². The van der Waals surface area contributed by atoms with Crippen LogP contribution in [0, 0.1) is 0 Å². The zero-order chi connectivity index (χ0) is 23.3. The van der Waals surface area contributed by atoms with Gasteiger partial charge >= 0.3 is 7.25 Å². The molecule has 0 spiro atoms. The summed E-state index contributed by atoms with van der Waals surface area (Å²) < 4.78 is 40.0. The van der Waals surface area contributed by atoms with Gasteiger partial charge in [0.05, 0.1) is 19.6 Å². The third kappa shape index (κ3) is 10.8. The van der Waals surface area contributed by atoms with E-state index in [1.807, 2.05) is 18.2 Å². The van der Waals surface area contributed by atoms with E-state index in [9.17, 15) is 22.1 Å². The van der Waals surface area contributed by atoms with E-state index in [4.69, 9.17) is 0 Å². The lowest BCUT2D eigenvalue weighted by Gasteiger charge is -2.38. The van der Waals surface area contributed by atoms with Crippen molar-refractivity contribution in [1.82, 2.24) is 0 Å². The number of carbonyl (C=O) groups excluding carboxylic acids is 1. The number of benzene rings is 2. The largest absolute Gasteiger partial charge is 0.673 e. The van der Waals surface area contributed by atoms with Crippen molar-refractivity contribution in [3.63, 3.8) is 0 Å². The van der Waals surface area contributed by atoms with Gasteiger partial charge < -0.3 is 21.7 Å². The van der Waals surface area contributed by atoms with Crippen LogP contribution in [0.4, 0.5) is 17.3 Å². The molecule has 0 atom stereocenters. The number of rotatable bonds is 12. The summed E-state index contributed by atoms with van der Waals surface area (Å²) in [6, 6.07) is 14.5. The van der Waals surface area contributed by atoms with Gasteiger partial charge in [0.15, 0.2) is 0 Å². The average molecular weight is 441 g/mol. The molecule has 7 heteroatoms. The van der Waals surface area contributed by atoms with Gasteiger partial charge in [0.1, 0.15) is 6.54 Å². The standard InChI is InChI=1S/C24H36NO.BF4/c1-4-7-16-25(17-8-5-2,18-9-6-3)20-24(26)23-15-14-21-12-10-11-13-22(21)19-23;2-1(3,4)5/h10-15,19H,4-9,16-18,20H2,1-3H3;/q+1;-1. The molecule has 2 aromatic rings. The molecular weight excluding hydrogens is 405 g/mol. The first kappa shape index (κ1) is 27.1. The van der Waals surface area contributed by atoms with Crippen molar-refractivity contribution >= 4 is 23.8 Å². The third-order valence-corrected chi connectivity index (χ3v) is 5.51. The highest BCUT2D eigenvalue weighted by Crippen LogP contribution is 2.20. The van der Waals surface area contributed by atoms with Gasteiger partial charge in [-0.15, -0.1) is 0 Å². The van der Waals surface area contributed by atoms with E-state index in [1.54, 1.807) is 0 Å². The Hall–Kier alpha value is -1.89. The van der Waals surface area contributed by atoms with Crippen LogP contribution in [0.15, 0.2) is 42.5 Å². The Morgan fingerprint density at radius 1 is 0.774 bits per heavy atom. The Kier molecular flexibility index (Phi) is 11.8. The minimum atomic E-state index is -6.00. The second kappa shape index (κ2) is 13.5. The van der Waals surface area contributed by atoms with Crippen molar-refractivity contribution in [3.05, 3.63) is 48.0 Å². The monoisotopic (exact) mass is 441 g/mol. The lowest BCUT2D eigenvalue weighted by molar-refractivity contribution is -0.921. The van der Waals surface area contributed by atoms with Gasteiger partial charge in [0, 0.05) is 5.56 Å². The molecule has 0 aromatic heterocycles. The lowest BCUT2D eigenvalue weighted by atomic mass is 10.0. The predicted octanol–water partition coefficient (Wildman–Crippen LogP) is 7.54. The van der Waals surface area contributed by atoms with E-state index in [0.717, 1.165) is 35.1 Å². The molecule has 0 amide bonds. The number of fused-ring (bicyclic) bond motifs is 1. The topological polar surface area (TPSA) is 17.1 Å². The maximum absolute atomic E-state index is 13.2. The maximum Gasteiger partial charge on any atom is 0.673 e. The highest BCUT2D eigenvalue weighted by Gasteiger charge is 2.29. The van der Waals surface area contributed by atoms with Crippen LogP contribution in [0.1, 0.15) is 69.7 Å². The number of hydrogen-bond donors (Lipinski definition) is 0. The van der Waals surface area contributed by atoms with Crippen LogP contribution in [0.25, 0.3) is 10.8 Å². The first-order chi connectivity index (χ1) is 14.6. The summed E-state index contributed by atoms with van der Waals surface area (Å²) in [5.41, 5.74) is 0.871. The molecule has 0 heterocycles. The summed E-state index contributed by atoms with van der Waals surface area (Å²) in [6.45, 7) is 10.8. The molecule has 0 saturated heterocycles. The molecule has 2 nitrogen and oxygen atoms in total. The van der Waals surface area contributed by atoms with Crippen molar-refractivity contribution in [1.29, 1.82) is 0 Å². The molecule has 2 aromatic carbocycles. The summed E-state index contributed by atoms with van der Waals surface area (Å²) >= 11 is 0. The van der Waals surface area contributed by atoms with Crippen LogP contribution in [-0.4, -0.2) is 43.7 Å². The normalized spacial score (nSPS) is 11.8. The fourth-order valence-electron chi connectivity index (χ4n) is 3.81. The summed E-state index contributed by atoms with van der Waals surface area (Å²) in [6.07, 6.45) is 7.21. The Balaban J connectivity index is 0.000000861. The van der Waals surface area contributed by atoms with E-state index in [-0.39, 0.29) is 0 Å². The summed E-state index contributed by atoms with van der Waals surface area (Å²) in [5, 5.41) is 2.36. The van der Waals surface area contributed by atoms with Crippen molar-refractivity contribution in [2.24, 2.45) is 0 Å². The second-order valence-electron chi connectivity index (χ2n) is 8.21. The zero-order valence-electron chi connectivity index (χ0n) is 19.1. The van der Waals surface area contributed by atoms with Crippen LogP contribution in [-0.2, 0) is 0 Å². The number of hydrogen-bond acceptors (Lipinski definition) is 1.